The van der Waals surface area contributed by atoms with E-state index in [1.165, 1.54) is 19.1 Å². The topological polar surface area (TPSA) is 64.4 Å². The first-order chi connectivity index (χ1) is 18.9. The molecule has 0 saturated carbocycles. The van der Waals surface area contributed by atoms with Crippen molar-refractivity contribution in [2.75, 3.05) is 19.1 Å². The maximum atomic E-state index is 13.9. The van der Waals surface area contributed by atoms with Crippen LogP contribution in [0.15, 0.2) is 42.5 Å². The second-order valence-corrected chi connectivity index (χ2v) is 10.2. The summed E-state index contributed by atoms with van der Waals surface area (Å²) in [5.74, 6) is -3.34. The zero-order valence-electron chi connectivity index (χ0n) is 22.4. The fourth-order valence-corrected chi connectivity index (χ4v) is 5.35. The Labute approximate surface area is 228 Å². The van der Waals surface area contributed by atoms with E-state index >= 15 is 0 Å². The average molecular weight is 564 g/mol. The summed E-state index contributed by atoms with van der Waals surface area (Å²) in [5, 5.41) is 3.78. The minimum Gasteiger partial charge on any atom is -0.497 e. The predicted molar refractivity (Wildman–Crippen MR) is 138 cm³/mol. The monoisotopic (exact) mass is 563 g/mol. The number of methoxy groups -OCH3 is 1. The zero-order valence-corrected chi connectivity index (χ0v) is 22.4. The van der Waals surface area contributed by atoms with E-state index in [0.29, 0.717) is 36.0 Å². The first-order valence-electron chi connectivity index (χ1n) is 12.9. The lowest BCUT2D eigenvalue weighted by Gasteiger charge is -2.25. The van der Waals surface area contributed by atoms with E-state index in [0.717, 1.165) is 16.8 Å². The Hall–Kier alpha value is -3.76. The Morgan fingerprint density at radius 2 is 1.77 bits per heavy atom. The fraction of sp³-hybridized carbons (Fsp3) is 0.414. The molecule has 40 heavy (non-hydrogen) atoms. The van der Waals surface area contributed by atoms with Crippen LogP contribution < -0.4 is 9.64 Å². The standard InChI is InChI=1S/C29H30F5N3O3/c1-17-5-4-6-25-26(17)37(35-27(25)29(32,33)34)16-23(38)14-19(11-18-12-20(30)15-21(31)13-18)28(39)36(2)22-7-9-24(40-3)10-8-22/h7-10,12-13,15,17,19H,4-6,11,14,16H2,1-3H3/t17?,19-/m1/s1. The second-order valence-electron chi connectivity index (χ2n) is 10.2. The van der Waals surface area contributed by atoms with Crippen LogP contribution in [0.1, 0.15) is 54.6 Å². The lowest BCUT2D eigenvalue weighted by Crippen LogP contribution is -2.36. The fourth-order valence-electron chi connectivity index (χ4n) is 5.35. The van der Waals surface area contributed by atoms with Crippen molar-refractivity contribution in [1.29, 1.82) is 0 Å². The summed E-state index contributed by atoms with van der Waals surface area (Å²) < 4.78 is 75.1. The minimum atomic E-state index is -4.66. The van der Waals surface area contributed by atoms with Crippen molar-refractivity contribution in [3.05, 3.63) is 76.6 Å². The van der Waals surface area contributed by atoms with E-state index in [1.54, 1.807) is 31.2 Å². The van der Waals surface area contributed by atoms with Crippen LogP contribution in [0.3, 0.4) is 0 Å². The van der Waals surface area contributed by atoms with Crippen LogP contribution in [0, 0.1) is 17.6 Å². The number of rotatable bonds is 9. The first-order valence-corrected chi connectivity index (χ1v) is 12.9. The Morgan fingerprint density at radius 3 is 2.38 bits per heavy atom. The summed E-state index contributed by atoms with van der Waals surface area (Å²) in [7, 11) is 3.01. The number of alkyl halides is 3. The molecule has 1 aliphatic carbocycles. The number of halogens is 5. The summed E-state index contributed by atoms with van der Waals surface area (Å²) in [6.07, 6.45) is -3.68. The van der Waals surface area contributed by atoms with Crippen LogP contribution in [0.25, 0.3) is 0 Å². The number of aromatic nitrogens is 2. The maximum absolute atomic E-state index is 13.9. The molecular weight excluding hydrogens is 533 g/mol. The van der Waals surface area contributed by atoms with Crippen LogP contribution in [-0.4, -0.2) is 35.6 Å². The van der Waals surface area contributed by atoms with Gasteiger partial charge in [-0.1, -0.05) is 6.92 Å². The summed E-state index contributed by atoms with van der Waals surface area (Å²) in [6, 6.07) is 9.48. The number of anilines is 1. The van der Waals surface area contributed by atoms with Gasteiger partial charge in [0, 0.05) is 42.4 Å². The third-order valence-electron chi connectivity index (χ3n) is 7.24. The molecular formula is C29H30F5N3O3. The number of carbonyl (C=O) groups excluding carboxylic acids is 2. The quantitative estimate of drug-likeness (QED) is 0.295. The van der Waals surface area contributed by atoms with Gasteiger partial charge in [0.1, 0.15) is 17.4 Å². The van der Waals surface area contributed by atoms with Gasteiger partial charge in [0.05, 0.1) is 13.7 Å². The molecule has 1 heterocycles. The number of amides is 1. The van der Waals surface area contributed by atoms with Crippen LogP contribution in [0.2, 0.25) is 0 Å². The Kier molecular flexibility index (Phi) is 8.60. The number of hydrogen-bond acceptors (Lipinski definition) is 4. The van der Waals surface area contributed by atoms with E-state index < -0.39 is 47.7 Å². The molecule has 0 saturated heterocycles. The summed E-state index contributed by atoms with van der Waals surface area (Å²) in [5.41, 5.74) is 0.192. The molecule has 0 spiro atoms. The highest BCUT2D eigenvalue weighted by molar-refractivity contribution is 5.97. The van der Waals surface area contributed by atoms with Crippen LogP contribution in [-0.2, 0) is 35.2 Å². The third kappa shape index (κ3) is 6.51. The number of nitrogens with zero attached hydrogens (tertiary/aromatic N) is 3. The van der Waals surface area contributed by atoms with Crippen molar-refractivity contribution in [2.24, 2.45) is 5.92 Å². The summed E-state index contributed by atoms with van der Waals surface area (Å²) in [6.45, 7) is 1.35. The smallest absolute Gasteiger partial charge is 0.435 e. The number of Topliss-reactive ketones (excluding diaryl/α,β-unsaturated/α-hetero) is 1. The molecule has 4 rings (SSSR count). The van der Waals surface area contributed by atoms with Crippen LogP contribution >= 0.6 is 0 Å². The van der Waals surface area contributed by atoms with Crippen molar-refractivity contribution in [3.8, 4) is 5.75 Å². The van der Waals surface area contributed by atoms with E-state index in [4.69, 9.17) is 4.74 Å². The highest BCUT2D eigenvalue weighted by atomic mass is 19.4. The lowest BCUT2D eigenvalue weighted by atomic mass is 9.87. The molecule has 1 aromatic heterocycles. The van der Waals surface area contributed by atoms with Gasteiger partial charge in [-0.25, -0.2) is 8.78 Å². The number of hydrogen-bond donors (Lipinski definition) is 0. The third-order valence-corrected chi connectivity index (χ3v) is 7.24. The van der Waals surface area contributed by atoms with E-state index in [-0.39, 0.29) is 36.3 Å². The van der Waals surface area contributed by atoms with Crippen molar-refractivity contribution in [1.82, 2.24) is 9.78 Å². The lowest BCUT2D eigenvalue weighted by molar-refractivity contribution is -0.142. The Morgan fingerprint density at radius 1 is 1.12 bits per heavy atom. The molecule has 2 aromatic carbocycles. The van der Waals surface area contributed by atoms with Gasteiger partial charge in [-0.3, -0.25) is 14.3 Å². The van der Waals surface area contributed by atoms with Crippen molar-refractivity contribution >= 4 is 17.4 Å². The highest BCUT2D eigenvalue weighted by Gasteiger charge is 2.41. The molecule has 0 bridgehead atoms. The number of fused-ring (bicyclic) bond motifs is 1. The number of carbonyl (C=O) groups is 2. The van der Waals surface area contributed by atoms with Gasteiger partial charge in [-0.2, -0.15) is 18.3 Å². The van der Waals surface area contributed by atoms with Gasteiger partial charge in [0.2, 0.25) is 5.91 Å². The molecule has 11 heteroatoms. The van der Waals surface area contributed by atoms with Crippen LogP contribution in [0.5, 0.6) is 5.75 Å². The zero-order chi connectivity index (χ0) is 29.2. The molecule has 0 radical (unpaired) electrons. The van der Waals surface area contributed by atoms with Crippen molar-refractivity contribution in [2.45, 2.75) is 57.7 Å². The SMILES string of the molecule is COc1ccc(N(C)C(=O)[C@@H](CC(=O)Cn2nc(C(F)(F)F)c3c2C(C)CCC3)Cc2cc(F)cc(F)c2)cc1. The molecule has 0 N–H and O–H groups in total. The van der Waals surface area contributed by atoms with E-state index in [2.05, 4.69) is 5.10 Å². The first kappa shape index (κ1) is 29.2. The molecule has 6 nitrogen and oxygen atoms in total. The average Bonchev–Trinajstić information content (AvgIpc) is 3.27. The molecule has 2 atom stereocenters. The molecule has 1 aliphatic rings. The predicted octanol–water partition coefficient (Wildman–Crippen LogP) is 6.11. The highest BCUT2D eigenvalue weighted by Crippen LogP contribution is 2.40. The largest absolute Gasteiger partial charge is 0.497 e. The Balaban J connectivity index is 1.61. The van der Waals surface area contributed by atoms with Gasteiger partial charge >= 0.3 is 6.18 Å². The van der Waals surface area contributed by atoms with Crippen molar-refractivity contribution < 1.29 is 36.3 Å². The molecule has 1 amide bonds. The van der Waals surface area contributed by atoms with E-state index in [9.17, 15) is 31.5 Å². The number of ketones is 1. The van der Waals surface area contributed by atoms with Gasteiger partial charge in [0.25, 0.3) is 0 Å². The summed E-state index contributed by atoms with van der Waals surface area (Å²) in [4.78, 5) is 28.2. The summed E-state index contributed by atoms with van der Waals surface area (Å²) >= 11 is 0. The molecule has 3 aromatic rings. The maximum Gasteiger partial charge on any atom is 0.435 e. The normalized spacial score (nSPS) is 15.8. The van der Waals surface area contributed by atoms with Gasteiger partial charge in [0.15, 0.2) is 11.5 Å². The van der Waals surface area contributed by atoms with Gasteiger partial charge < -0.3 is 9.64 Å². The van der Waals surface area contributed by atoms with E-state index in [1.807, 2.05) is 0 Å². The van der Waals surface area contributed by atoms with Crippen LogP contribution in [0.4, 0.5) is 27.6 Å². The molecule has 0 fully saturated rings. The molecule has 214 valence electrons. The van der Waals surface area contributed by atoms with Gasteiger partial charge in [-0.15, -0.1) is 0 Å². The number of ether oxygens (including phenoxy) is 1. The molecule has 1 unspecified atom stereocenters. The van der Waals surface area contributed by atoms with Gasteiger partial charge in [-0.05, 0) is 73.6 Å². The molecule has 0 aliphatic heterocycles. The Bertz CT molecular complexity index is 1360. The minimum absolute atomic E-state index is 0.112. The second kappa shape index (κ2) is 11.8. The van der Waals surface area contributed by atoms with Crippen molar-refractivity contribution in [3.63, 3.8) is 0 Å². The number of benzene rings is 2.